The minimum absolute atomic E-state index is 0.920. The zero-order chi connectivity index (χ0) is 13.5. The number of nitrogens with one attached hydrogen (secondary N) is 1. The third kappa shape index (κ3) is 4.34. The van der Waals surface area contributed by atoms with Crippen LogP contribution >= 0.6 is 0 Å². The highest BCUT2D eigenvalue weighted by atomic mass is 15.3. The fourth-order valence-corrected chi connectivity index (χ4v) is 3.05. The number of hydrogen-bond acceptors (Lipinski definition) is 2. The van der Waals surface area contributed by atoms with Crippen molar-refractivity contribution in [3.05, 3.63) is 17.5 Å². The standard InChI is InChI=1S/C16H29N3/c1-3-15-12-16(4-2)19(18-15)11-10-17-13-14-8-6-5-7-9-14/h12,14,17H,3-11,13H2,1-2H3. The van der Waals surface area contributed by atoms with Gasteiger partial charge in [0.15, 0.2) is 0 Å². The van der Waals surface area contributed by atoms with Gasteiger partial charge in [-0.25, -0.2) is 0 Å². The van der Waals surface area contributed by atoms with E-state index in [1.165, 1.54) is 50.0 Å². The van der Waals surface area contributed by atoms with E-state index < -0.39 is 0 Å². The van der Waals surface area contributed by atoms with Gasteiger partial charge < -0.3 is 5.32 Å². The Labute approximate surface area is 117 Å². The average molecular weight is 263 g/mol. The van der Waals surface area contributed by atoms with Crippen molar-refractivity contribution in [3.8, 4) is 0 Å². The van der Waals surface area contributed by atoms with Crippen LogP contribution in [0.15, 0.2) is 6.07 Å². The molecule has 108 valence electrons. The Morgan fingerprint density at radius 2 is 2.00 bits per heavy atom. The van der Waals surface area contributed by atoms with Gasteiger partial charge in [0.2, 0.25) is 0 Å². The number of rotatable bonds is 7. The van der Waals surface area contributed by atoms with Crippen LogP contribution in [-0.2, 0) is 19.4 Å². The Balaban J connectivity index is 1.71. The number of aromatic nitrogens is 2. The summed E-state index contributed by atoms with van der Waals surface area (Å²) in [7, 11) is 0. The van der Waals surface area contributed by atoms with Crippen molar-refractivity contribution in [2.24, 2.45) is 5.92 Å². The molecule has 1 aromatic rings. The molecule has 0 unspecified atom stereocenters. The van der Waals surface area contributed by atoms with Crippen molar-refractivity contribution in [1.29, 1.82) is 0 Å². The monoisotopic (exact) mass is 263 g/mol. The van der Waals surface area contributed by atoms with Gasteiger partial charge in [0.1, 0.15) is 0 Å². The molecule has 0 saturated heterocycles. The third-order valence-electron chi connectivity index (χ3n) is 4.30. The molecule has 3 heteroatoms. The van der Waals surface area contributed by atoms with Gasteiger partial charge in [-0.3, -0.25) is 4.68 Å². The summed E-state index contributed by atoms with van der Waals surface area (Å²) in [5, 5.41) is 8.28. The Hall–Kier alpha value is -0.830. The highest BCUT2D eigenvalue weighted by Gasteiger charge is 2.12. The predicted molar refractivity (Wildman–Crippen MR) is 80.4 cm³/mol. The molecule has 0 radical (unpaired) electrons. The molecule has 0 spiro atoms. The van der Waals surface area contributed by atoms with Gasteiger partial charge >= 0.3 is 0 Å². The maximum absolute atomic E-state index is 4.66. The van der Waals surface area contributed by atoms with Crippen LogP contribution in [0.2, 0.25) is 0 Å². The maximum atomic E-state index is 4.66. The lowest BCUT2D eigenvalue weighted by molar-refractivity contribution is 0.339. The first-order valence-corrected chi connectivity index (χ1v) is 8.09. The van der Waals surface area contributed by atoms with Crippen LogP contribution < -0.4 is 5.32 Å². The Bertz CT molecular complexity index is 364. The van der Waals surface area contributed by atoms with E-state index >= 15 is 0 Å². The number of nitrogens with zero attached hydrogens (tertiary/aromatic N) is 2. The van der Waals surface area contributed by atoms with Crippen molar-refractivity contribution in [3.63, 3.8) is 0 Å². The lowest BCUT2D eigenvalue weighted by Gasteiger charge is -2.21. The first-order chi connectivity index (χ1) is 9.33. The van der Waals surface area contributed by atoms with Gasteiger partial charge in [-0.05, 0) is 44.2 Å². The van der Waals surface area contributed by atoms with E-state index in [1.54, 1.807) is 0 Å². The zero-order valence-corrected chi connectivity index (χ0v) is 12.6. The lowest BCUT2D eigenvalue weighted by Crippen LogP contribution is -2.28. The molecule has 1 aliphatic rings. The molecule has 1 fully saturated rings. The SMILES string of the molecule is CCc1cc(CC)n(CCNCC2CCCCC2)n1. The zero-order valence-electron chi connectivity index (χ0n) is 12.6. The Kier molecular flexibility index (Phi) is 5.90. The van der Waals surface area contributed by atoms with Gasteiger partial charge in [0.05, 0.1) is 12.2 Å². The topological polar surface area (TPSA) is 29.9 Å². The van der Waals surface area contributed by atoms with E-state index in [0.717, 1.165) is 31.8 Å². The summed E-state index contributed by atoms with van der Waals surface area (Å²) in [4.78, 5) is 0. The van der Waals surface area contributed by atoms with E-state index in [4.69, 9.17) is 0 Å². The normalized spacial score (nSPS) is 16.9. The van der Waals surface area contributed by atoms with Crippen LogP contribution in [0.25, 0.3) is 0 Å². The van der Waals surface area contributed by atoms with E-state index in [1.807, 2.05) is 0 Å². The molecule has 1 aromatic heterocycles. The van der Waals surface area contributed by atoms with Crippen LogP contribution in [0, 0.1) is 5.92 Å². The van der Waals surface area contributed by atoms with Gasteiger partial charge in [-0.1, -0.05) is 33.1 Å². The molecule has 2 rings (SSSR count). The summed E-state index contributed by atoms with van der Waals surface area (Å²) in [6, 6.07) is 2.25. The van der Waals surface area contributed by atoms with E-state index in [-0.39, 0.29) is 0 Å². The van der Waals surface area contributed by atoms with Gasteiger partial charge in [-0.2, -0.15) is 5.10 Å². The van der Waals surface area contributed by atoms with Crippen molar-refractivity contribution < 1.29 is 0 Å². The molecule has 1 saturated carbocycles. The van der Waals surface area contributed by atoms with Gasteiger partial charge in [0.25, 0.3) is 0 Å². The fourth-order valence-electron chi connectivity index (χ4n) is 3.05. The van der Waals surface area contributed by atoms with E-state index in [0.29, 0.717) is 0 Å². The summed E-state index contributed by atoms with van der Waals surface area (Å²) in [5.41, 5.74) is 2.60. The second-order valence-electron chi connectivity index (χ2n) is 5.77. The molecule has 0 aromatic carbocycles. The average Bonchev–Trinajstić information content (AvgIpc) is 2.87. The van der Waals surface area contributed by atoms with Crippen LogP contribution in [-0.4, -0.2) is 22.9 Å². The smallest absolute Gasteiger partial charge is 0.0624 e. The molecule has 19 heavy (non-hydrogen) atoms. The molecule has 3 nitrogen and oxygen atoms in total. The summed E-state index contributed by atoms with van der Waals surface area (Å²) in [5.74, 6) is 0.920. The minimum atomic E-state index is 0.920. The largest absolute Gasteiger partial charge is 0.315 e. The first-order valence-electron chi connectivity index (χ1n) is 8.09. The second kappa shape index (κ2) is 7.68. The van der Waals surface area contributed by atoms with Gasteiger partial charge in [0, 0.05) is 12.2 Å². The molecular formula is C16H29N3. The fraction of sp³-hybridized carbons (Fsp3) is 0.812. The van der Waals surface area contributed by atoms with Crippen molar-refractivity contribution >= 4 is 0 Å². The molecule has 1 heterocycles. The number of hydrogen-bond donors (Lipinski definition) is 1. The molecule has 0 bridgehead atoms. The quantitative estimate of drug-likeness (QED) is 0.766. The highest BCUT2D eigenvalue weighted by molar-refractivity contribution is 5.10. The highest BCUT2D eigenvalue weighted by Crippen LogP contribution is 2.22. The van der Waals surface area contributed by atoms with Gasteiger partial charge in [-0.15, -0.1) is 0 Å². The van der Waals surface area contributed by atoms with Crippen LogP contribution in [0.1, 0.15) is 57.3 Å². The van der Waals surface area contributed by atoms with E-state index in [2.05, 4.69) is 35.0 Å². The Morgan fingerprint density at radius 3 is 2.68 bits per heavy atom. The molecular weight excluding hydrogens is 234 g/mol. The van der Waals surface area contributed by atoms with Crippen molar-refractivity contribution in [2.75, 3.05) is 13.1 Å². The first kappa shape index (κ1) is 14.6. The van der Waals surface area contributed by atoms with Crippen LogP contribution in [0.5, 0.6) is 0 Å². The molecule has 0 amide bonds. The van der Waals surface area contributed by atoms with Crippen molar-refractivity contribution in [1.82, 2.24) is 15.1 Å². The summed E-state index contributed by atoms with van der Waals surface area (Å²) in [6.45, 7) is 7.64. The van der Waals surface area contributed by atoms with E-state index in [9.17, 15) is 0 Å². The second-order valence-corrected chi connectivity index (χ2v) is 5.77. The number of aryl methyl sites for hydroxylation is 2. The predicted octanol–water partition coefficient (Wildman–Crippen LogP) is 3.18. The van der Waals surface area contributed by atoms with Crippen LogP contribution in [0.3, 0.4) is 0 Å². The molecule has 1 N–H and O–H groups in total. The summed E-state index contributed by atoms with van der Waals surface area (Å²) >= 11 is 0. The summed E-state index contributed by atoms with van der Waals surface area (Å²) < 4.78 is 2.19. The molecule has 0 atom stereocenters. The third-order valence-corrected chi connectivity index (χ3v) is 4.30. The molecule has 0 aliphatic heterocycles. The molecule has 1 aliphatic carbocycles. The lowest BCUT2D eigenvalue weighted by atomic mass is 9.89. The summed E-state index contributed by atoms with van der Waals surface area (Å²) in [6.07, 6.45) is 9.29. The van der Waals surface area contributed by atoms with Crippen LogP contribution in [0.4, 0.5) is 0 Å². The maximum Gasteiger partial charge on any atom is 0.0624 e. The Morgan fingerprint density at radius 1 is 1.21 bits per heavy atom. The minimum Gasteiger partial charge on any atom is -0.315 e. The van der Waals surface area contributed by atoms with Crippen molar-refractivity contribution in [2.45, 2.75) is 65.3 Å².